The van der Waals surface area contributed by atoms with E-state index in [-0.39, 0.29) is 36.3 Å². The third-order valence-electron chi connectivity index (χ3n) is 5.47. The van der Waals surface area contributed by atoms with Gasteiger partial charge in [0.15, 0.2) is 0 Å². The van der Waals surface area contributed by atoms with E-state index in [2.05, 4.69) is 0 Å². The molecule has 2 N–H and O–H groups in total. The number of halogens is 1. The molecule has 2 amide bonds. The van der Waals surface area contributed by atoms with Crippen molar-refractivity contribution in [3.05, 3.63) is 41.6 Å². The van der Waals surface area contributed by atoms with Crippen molar-refractivity contribution >= 4 is 30.3 Å². The van der Waals surface area contributed by atoms with Crippen LogP contribution in [0.2, 0.25) is 0 Å². The molecule has 5 nitrogen and oxygen atoms in total. The third kappa shape index (κ3) is 4.27. The van der Waals surface area contributed by atoms with Crippen molar-refractivity contribution in [2.45, 2.75) is 45.2 Å². The van der Waals surface area contributed by atoms with Crippen molar-refractivity contribution in [1.82, 2.24) is 9.80 Å². The number of rotatable bonds is 3. The molecule has 0 radical (unpaired) electrons. The fourth-order valence-corrected chi connectivity index (χ4v) is 3.88. The Kier molecular flexibility index (Phi) is 6.84. The number of nitrogens with zero attached hydrogens (tertiary/aromatic N) is 2. The van der Waals surface area contributed by atoms with E-state index in [4.69, 9.17) is 5.73 Å². The van der Waals surface area contributed by atoms with E-state index in [0.717, 1.165) is 37.1 Å². The molecular weight excluding hydrogens is 350 g/mol. The Morgan fingerprint density at radius 3 is 2.50 bits per heavy atom. The number of carbonyl (C=O) groups is 2. The van der Waals surface area contributed by atoms with Gasteiger partial charge in [-0.2, -0.15) is 0 Å². The molecule has 2 atom stereocenters. The van der Waals surface area contributed by atoms with Gasteiger partial charge < -0.3 is 15.5 Å². The van der Waals surface area contributed by atoms with Crippen LogP contribution in [0, 0.1) is 5.92 Å². The van der Waals surface area contributed by atoms with E-state index < -0.39 is 0 Å². The maximum Gasteiger partial charge on any atom is 0.225 e. The molecule has 1 fully saturated rings. The van der Waals surface area contributed by atoms with Crippen molar-refractivity contribution in [1.29, 1.82) is 0 Å². The van der Waals surface area contributed by atoms with Crippen LogP contribution in [0.5, 0.6) is 0 Å². The molecule has 0 aromatic heterocycles. The van der Waals surface area contributed by atoms with Crippen LogP contribution in [0.25, 0.3) is 6.08 Å². The zero-order valence-corrected chi connectivity index (χ0v) is 16.2. The van der Waals surface area contributed by atoms with Crippen molar-refractivity contribution in [3.8, 4) is 0 Å². The fraction of sp³-hybridized carbons (Fsp3) is 0.500. The molecule has 6 heteroatoms. The van der Waals surface area contributed by atoms with Gasteiger partial charge in [-0.05, 0) is 42.9 Å². The molecule has 0 spiro atoms. The van der Waals surface area contributed by atoms with Gasteiger partial charge in [-0.3, -0.25) is 9.59 Å². The number of piperidine rings is 1. The van der Waals surface area contributed by atoms with Gasteiger partial charge in [0.2, 0.25) is 11.8 Å². The summed E-state index contributed by atoms with van der Waals surface area (Å²) < 4.78 is 0. The largest absolute Gasteiger partial charge is 0.343 e. The van der Waals surface area contributed by atoms with Crippen molar-refractivity contribution in [2.75, 3.05) is 13.1 Å². The summed E-state index contributed by atoms with van der Waals surface area (Å²) in [5.41, 5.74) is 8.11. The molecule has 0 saturated carbocycles. The first-order chi connectivity index (χ1) is 12.0. The molecule has 1 aromatic rings. The van der Waals surface area contributed by atoms with Gasteiger partial charge in [-0.1, -0.05) is 24.3 Å². The van der Waals surface area contributed by atoms with Crippen LogP contribution in [0.15, 0.2) is 30.5 Å². The summed E-state index contributed by atoms with van der Waals surface area (Å²) in [4.78, 5) is 28.5. The second-order valence-corrected chi connectivity index (χ2v) is 7.17. The molecule has 2 heterocycles. The Bertz CT molecular complexity index is 681. The summed E-state index contributed by atoms with van der Waals surface area (Å²) in [7, 11) is 0. The quantitative estimate of drug-likeness (QED) is 0.880. The Hall–Kier alpha value is -1.85. The van der Waals surface area contributed by atoms with E-state index >= 15 is 0 Å². The normalized spacial score (nSPS) is 21.0. The molecular formula is C20H28ClN3O2. The van der Waals surface area contributed by atoms with Crippen LogP contribution < -0.4 is 5.73 Å². The zero-order valence-electron chi connectivity index (χ0n) is 15.4. The molecule has 0 aliphatic carbocycles. The molecule has 0 bridgehead atoms. The molecule has 3 rings (SSSR count). The van der Waals surface area contributed by atoms with Crippen LogP contribution in [0.4, 0.5) is 0 Å². The smallest absolute Gasteiger partial charge is 0.225 e. The number of hydrogen-bond acceptors (Lipinski definition) is 3. The monoisotopic (exact) mass is 377 g/mol. The van der Waals surface area contributed by atoms with Gasteiger partial charge in [0.05, 0.1) is 12.5 Å². The Balaban J connectivity index is 0.00000243. The van der Waals surface area contributed by atoms with Gasteiger partial charge >= 0.3 is 0 Å². The highest BCUT2D eigenvalue weighted by molar-refractivity contribution is 5.85. The summed E-state index contributed by atoms with van der Waals surface area (Å²) in [6.45, 7) is 5.10. The first kappa shape index (κ1) is 20.5. The lowest BCUT2D eigenvalue weighted by Crippen LogP contribution is -2.44. The molecule has 2 unspecified atom stereocenters. The Labute approximate surface area is 161 Å². The second-order valence-electron chi connectivity index (χ2n) is 7.17. The topological polar surface area (TPSA) is 66.6 Å². The van der Waals surface area contributed by atoms with Crippen molar-refractivity contribution in [2.24, 2.45) is 11.7 Å². The standard InChI is InChI=1S/C20H27N3O2.ClH/c1-14(21)16-7-10-22(11-8-16)20(25)13-19-18-6-4-3-5-17(18)9-12-23(19)15(2)24;/h3-6,9,12,14,16,19H,7-8,10-11,13,21H2,1-2H3;1H. The van der Waals surface area contributed by atoms with Gasteiger partial charge in [-0.25, -0.2) is 0 Å². The third-order valence-corrected chi connectivity index (χ3v) is 5.47. The lowest BCUT2D eigenvalue weighted by Gasteiger charge is -2.37. The first-order valence-electron chi connectivity index (χ1n) is 9.06. The predicted octanol–water partition coefficient (Wildman–Crippen LogP) is 2.96. The number of fused-ring (bicyclic) bond motifs is 1. The number of hydrogen-bond donors (Lipinski definition) is 1. The molecule has 1 aromatic carbocycles. The predicted molar refractivity (Wildman–Crippen MR) is 106 cm³/mol. The summed E-state index contributed by atoms with van der Waals surface area (Å²) in [6, 6.07) is 7.93. The van der Waals surface area contributed by atoms with Crippen molar-refractivity contribution < 1.29 is 9.59 Å². The summed E-state index contributed by atoms with van der Waals surface area (Å²) in [6.07, 6.45) is 5.97. The van der Waals surface area contributed by atoms with Gasteiger partial charge in [0.25, 0.3) is 0 Å². The molecule has 26 heavy (non-hydrogen) atoms. The van der Waals surface area contributed by atoms with Gasteiger partial charge in [0.1, 0.15) is 0 Å². The number of benzene rings is 1. The van der Waals surface area contributed by atoms with Gasteiger partial charge in [-0.15, -0.1) is 12.4 Å². The van der Waals surface area contributed by atoms with Crippen LogP contribution in [0.1, 0.15) is 50.3 Å². The SMILES string of the molecule is CC(=O)N1C=Cc2ccccc2C1CC(=O)N1CCC(C(C)N)CC1.Cl. The Morgan fingerprint density at radius 1 is 1.23 bits per heavy atom. The molecule has 2 aliphatic heterocycles. The van der Waals surface area contributed by atoms with Crippen LogP contribution in [-0.4, -0.2) is 40.7 Å². The van der Waals surface area contributed by atoms with Crippen LogP contribution in [-0.2, 0) is 9.59 Å². The van der Waals surface area contributed by atoms with E-state index in [9.17, 15) is 9.59 Å². The summed E-state index contributed by atoms with van der Waals surface area (Å²) >= 11 is 0. The minimum Gasteiger partial charge on any atom is -0.343 e. The van der Waals surface area contributed by atoms with E-state index in [0.29, 0.717) is 12.3 Å². The fourth-order valence-electron chi connectivity index (χ4n) is 3.88. The van der Waals surface area contributed by atoms with Crippen molar-refractivity contribution in [3.63, 3.8) is 0 Å². The summed E-state index contributed by atoms with van der Waals surface area (Å²) in [5, 5.41) is 0. The van der Waals surface area contributed by atoms with E-state index in [1.54, 1.807) is 18.0 Å². The number of amides is 2. The average molecular weight is 378 g/mol. The lowest BCUT2D eigenvalue weighted by molar-refractivity contribution is -0.135. The maximum atomic E-state index is 12.9. The molecule has 2 aliphatic rings. The first-order valence-corrected chi connectivity index (χ1v) is 9.06. The number of likely N-dealkylation sites (tertiary alicyclic amines) is 1. The maximum absolute atomic E-state index is 12.9. The highest BCUT2D eigenvalue weighted by Crippen LogP contribution is 2.33. The summed E-state index contributed by atoms with van der Waals surface area (Å²) in [5.74, 6) is 0.569. The van der Waals surface area contributed by atoms with Gasteiger partial charge in [0, 0.05) is 32.3 Å². The molecule has 142 valence electrons. The Morgan fingerprint density at radius 2 is 1.88 bits per heavy atom. The zero-order chi connectivity index (χ0) is 18.0. The second kappa shape index (κ2) is 8.69. The minimum absolute atomic E-state index is 0. The van der Waals surface area contributed by atoms with Crippen LogP contribution in [0.3, 0.4) is 0 Å². The lowest BCUT2D eigenvalue weighted by atomic mass is 9.90. The van der Waals surface area contributed by atoms with Crippen LogP contribution >= 0.6 is 12.4 Å². The minimum atomic E-state index is -0.225. The molecule has 1 saturated heterocycles. The highest BCUT2D eigenvalue weighted by Gasteiger charge is 2.31. The average Bonchev–Trinajstić information content (AvgIpc) is 2.61. The highest BCUT2D eigenvalue weighted by atomic mass is 35.5. The number of carbonyl (C=O) groups excluding carboxylic acids is 2. The van der Waals surface area contributed by atoms with E-state index in [1.165, 1.54) is 0 Å². The van der Waals surface area contributed by atoms with E-state index in [1.807, 2.05) is 42.2 Å². The number of nitrogens with two attached hydrogens (primary N) is 1.